The van der Waals surface area contributed by atoms with Crippen molar-refractivity contribution < 1.29 is 0 Å². The molecule has 75 valence electrons. The Balaban J connectivity index is 2.29. The Morgan fingerprint density at radius 1 is 0.933 bits per heavy atom. The maximum absolute atomic E-state index is 4.00. The van der Waals surface area contributed by atoms with E-state index in [-0.39, 0.29) is 0 Å². The molecule has 2 rings (SSSR count). The first-order valence-electron chi connectivity index (χ1n) is 4.83. The highest BCUT2D eigenvalue weighted by Crippen LogP contribution is 2.22. The zero-order valence-corrected chi connectivity index (χ0v) is 8.72. The van der Waals surface area contributed by atoms with Gasteiger partial charge in [-0.15, -0.1) is 0 Å². The molecule has 15 heavy (non-hydrogen) atoms. The van der Waals surface area contributed by atoms with Crippen molar-refractivity contribution in [3.05, 3.63) is 61.3 Å². The molecule has 1 heterocycles. The minimum absolute atomic E-state index is 1.03. The van der Waals surface area contributed by atoms with Gasteiger partial charge >= 0.3 is 0 Å². The molecule has 0 bridgehead atoms. The fraction of sp³-hybridized carbons (Fsp3) is 0.0769. The highest BCUT2D eigenvalue weighted by atomic mass is 15.1. The molecule has 0 saturated heterocycles. The Labute approximate surface area is 90.2 Å². The van der Waals surface area contributed by atoms with E-state index in [0.717, 1.165) is 16.9 Å². The van der Waals surface area contributed by atoms with Crippen molar-refractivity contribution in [2.45, 2.75) is 0 Å². The first-order valence-corrected chi connectivity index (χ1v) is 4.83. The van der Waals surface area contributed by atoms with Gasteiger partial charge in [0, 0.05) is 30.8 Å². The first kappa shape index (κ1) is 9.71. The minimum Gasteiger partial charge on any atom is -0.345 e. The monoisotopic (exact) mass is 197 g/mol. The van der Waals surface area contributed by atoms with E-state index in [9.17, 15) is 0 Å². The maximum atomic E-state index is 4.00. The summed E-state index contributed by atoms with van der Waals surface area (Å²) < 4.78 is 0. The lowest BCUT2D eigenvalue weighted by Gasteiger charge is -2.19. The van der Waals surface area contributed by atoms with E-state index in [2.05, 4.69) is 28.9 Å². The molecule has 0 unspecified atom stereocenters. The van der Waals surface area contributed by atoms with Crippen molar-refractivity contribution >= 4 is 11.4 Å². The molecule has 0 saturated carbocycles. The Morgan fingerprint density at radius 2 is 1.47 bits per heavy atom. The van der Waals surface area contributed by atoms with Crippen molar-refractivity contribution in [2.75, 3.05) is 11.9 Å². The van der Waals surface area contributed by atoms with Gasteiger partial charge in [-0.05, 0) is 36.8 Å². The van der Waals surface area contributed by atoms with Gasteiger partial charge in [-0.2, -0.15) is 0 Å². The average molecular weight is 197 g/mol. The number of anilines is 2. The van der Waals surface area contributed by atoms with Crippen LogP contribution in [0, 0.1) is 6.92 Å². The van der Waals surface area contributed by atoms with Crippen molar-refractivity contribution in [1.29, 1.82) is 0 Å². The van der Waals surface area contributed by atoms with Crippen LogP contribution in [0.5, 0.6) is 0 Å². The van der Waals surface area contributed by atoms with Crippen LogP contribution in [0.3, 0.4) is 0 Å². The number of nitrogens with zero attached hydrogens (tertiary/aromatic N) is 2. The molecular formula is C13H13N2. The number of hydrogen-bond donors (Lipinski definition) is 0. The second kappa shape index (κ2) is 4.13. The summed E-state index contributed by atoms with van der Waals surface area (Å²) in [5.74, 6) is 0. The molecule has 0 fully saturated rings. The van der Waals surface area contributed by atoms with Gasteiger partial charge in [-0.3, -0.25) is 4.98 Å². The van der Waals surface area contributed by atoms with Gasteiger partial charge in [0.05, 0.1) is 0 Å². The van der Waals surface area contributed by atoms with E-state index in [1.165, 1.54) is 0 Å². The van der Waals surface area contributed by atoms with Crippen LogP contribution in [0.4, 0.5) is 11.4 Å². The Kier molecular flexibility index (Phi) is 2.68. The predicted octanol–water partition coefficient (Wildman–Crippen LogP) is 3.03. The van der Waals surface area contributed by atoms with Gasteiger partial charge in [-0.25, -0.2) is 0 Å². The molecule has 1 radical (unpaired) electrons. The van der Waals surface area contributed by atoms with Gasteiger partial charge < -0.3 is 4.90 Å². The number of hydrogen-bond acceptors (Lipinski definition) is 2. The minimum atomic E-state index is 1.03. The van der Waals surface area contributed by atoms with E-state index >= 15 is 0 Å². The number of aromatic nitrogens is 1. The largest absolute Gasteiger partial charge is 0.345 e. The number of benzene rings is 1. The van der Waals surface area contributed by atoms with Crippen LogP contribution in [-0.4, -0.2) is 12.0 Å². The van der Waals surface area contributed by atoms with Crippen LogP contribution in [-0.2, 0) is 0 Å². The fourth-order valence-electron chi connectivity index (χ4n) is 1.44. The normalized spacial score (nSPS) is 10.0. The molecule has 0 aliphatic heterocycles. The molecule has 2 nitrogen and oxygen atoms in total. The number of pyridine rings is 1. The van der Waals surface area contributed by atoms with Gasteiger partial charge in [-0.1, -0.05) is 12.1 Å². The summed E-state index contributed by atoms with van der Waals surface area (Å²) in [6.45, 7) is 3.87. The van der Waals surface area contributed by atoms with Gasteiger partial charge in [0.1, 0.15) is 0 Å². The zero-order valence-electron chi connectivity index (χ0n) is 8.72. The van der Waals surface area contributed by atoms with Crippen LogP contribution in [0.1, 0.15) is 5.56 Å². The molecule has 1 aromatic carbocycles. The molecule has 0 aliphatic carbocycles. The van der Waals surface area contributed by atoms with Crippen LogP contribution < -0.4 is 4.90 Å². The topological polar surface area (TPSA) is 16.1 Å². The standard InChI is InChI=1S/C13H13N2/c1-11-3-5-12(6-4-11)15(2)13-7-9-14-10-8-13/h3-10H,1H2,2H3. The quantitative estimate of drug-likeness (QED) is 0.735. The van der Waals surface area contributed by atoms with Crippen LogP contribution in [0.25, 0.3) is 0 Å². The molecule has 2 heteroatoms. The third kappa shape index (κ3) is 2.15. The molecule has 0 N–H and O–H groups in total. The lowest BCUT2D eigenvalue weighted by Crippen LogP contribution is -2.08. The molecule has 0 aliphatic rings. The van der Waals surface area contributed by atoms with Gasteiger partial charge in [0.15, 0.2) is 0 Å². The molecule has 2 aromatic rings. The van der Waals surface area contributed by atoms with Gasteiger partial charge in [0.25, 0.3) is 0 Å². The SMILES string of the molecule is [CH2]c1ccc(N(C)c2ccncc2)cc1. The van der Waals surface area contributed by atoms with E-state index in [1.54, 1.807) is 12.4 Å². The lowest BCUT2D eigenvalue weighted by molar-refractivity contribution is 1.19. The average Bonchev–Trinajstić information content (AvgIpc) is 2.30. The summed E-state index contributed by atoms with van der Waals surface area (Å²) in [4.78, 5) is 6.11. The third-order valence-electron chi connectivity index (χ3n) is 2.37. The van der Waals surface area contributed by atoms with Gasteiger partial charge in [0.2, 0.25) is 0 Å². The van der Waals surface area contributed by atoms with Crippen LogP contribution >= 0.6 is 0 Å². The zero-order chi connectivity index (χ0) is 10.7. The fourth-order valence-corrected chi connectivity index (χ4v) is 1.44. The van der Waals surface area contributed by atoms with Crippen molar-refractivity contribution in [3.63, 3.8) is 0 Å². The smallest absolute Gasteiger partial charge is 0.0438 e. The first-order chi connectivity index (χ1) is 7.27. The summed E-state index contributed by atoms with van der Waals surface area (Å²) in [5, 5.41) is 0. The second-order valence-electron chi connectivity index (χ2n) is 3.43. The van der Waals surface area contributed by atoms with E-state index in [4.69, 9.17) is 0 Å². The lowest BCUT2D eigenvalue weighted by atomic mass is 10.2. The molecular weight excluding hydrogens is 184 g/mol. The summed E-state index contributed by atoms with van der Waals surface area (Å²) in [6.07, 6.45) is 3.59. The Morgan fingerprint density at radius 3 is 2.07 bits per heavy atom. The maximum Gasteiger partial charge on any atom is 0.0438 e. The second-order valence-corrected chi connectivity index (χ2v) is 3.43. The molecule has 1 aromatic heterocycles. The molecule has 0 atom stereocenters. The van der Waals surface area contributed by atoms with Crippen molar-refractivity contribution in [1.82, 2.24) is 4.98 Å². The third-order valence-corrected chi connectivity index (χ3v) is 2.37. The Hall–Kier alpha value is -1.83. The van der Waals surface area contributed by atoms with Crippen LogP contribution in [0.15, 0.2) is 48.8 Å². The van der Waals surface area contributed by atoms with Crippen molar-refractivity contribution in [3.8, 4) is 0 Å². The summed E-state index contributed by atoms with van der Waals surface area (Å²) in [5.41, 5.74) is 3.30. The predicted molar refractivity (Wildman–Crippen MR) is 63.2 cm³/mol. The highest BCUT2D eigenvalue weighted by molar-refractivity contribution is 5.62. The van der Waals surface area contributed by atoms with Crippen LogP contribution in [0.2, 0.25) is 0 Å². The van der Waals surface area contributed by atoms with E-state index in [1.807, 2.05) is 31.3 Å². The summed E-state index contributed by atoms with van der Waals surface area (Å²) >= 11 is 0. The summed E-state index contributed by atoms with van der Waals surface area (Å²) in [7, 11) is 2.04. The Bertz CT molecular complexity index is 420. The van der Waals surface area contributed by atoms with Crippen molar-refractivity contribution in [2.24, 2.45) is 0 Å². The number of rotatable bonds is 2. The molecule has 0 amide bonds. The highest BCUT2D eigenvalue weighted by Gasteiger charge is 2.01. The van der Waals surface area contributed by atoms with E-state index in [0.29, 0.717) is 0 Å². The van der Waals surface area contributed by atoms with E-state index < -0.39 is 0 Å². The summed E-state index contributed by atoms with van der Waals surface area (Å²) in [6, 6.07) is 12.1. The molecule has 0 spiro atoms.